The van der Waals surface area contributed by atoms with Crippen LogP contribution >= 0.6 is 0 Å². The fourth-order valence-corrected chi connectivity index (χ4v) is 6.91. The lowest BCUT2D eigenvalue weighted by molar-refractivity contribution is -0.192. The van der Waals surface area contributed by atoms with Crippen molar-refractivity contribution in [1.82, 2.24) is 4.90 Å². The second kappa shape index (κ2) is 3.56. The average molecular weight is 259 g/mol. The smallest absolute Gasteiger partial charge is 0.228 e. The molecule has 2 nitrogen and oxygen atoms in total. The van der Waals surface area contributed by atoms with Crippen LogP contribution < -0.4 is 0 Å². The van der Waals surface area contributed by atoms with Gasteiger partial charge >= 0.3 is 0 Å². The molecule has 1 aliphatic heterocycles. The minimum absolute atomic E-state index is 0.338. The number of amides is 1. The number of hydrogen-bond acceptors (Lipinski definition) is 1. The van der Waals surface area contributed by atoms with E-state index in [9.17, 15) is 4.79 Å². The van der Waals surface area contributed by atoms with E-state index in [0.717, 1.165) is 17.8 Å². The van der Waals surface area contributed by atoms with Crippen molar-refractivity contribution < 1.29 is 4.79 Å². The van der Waals surface area contributed by atoms with Crippen LogP contribution in [-0.4, -0.2) is 22.4 Å². The number of nitrogens with zero attached hydrogens (tertiary/aromatic N) is 1. The zero-order valence-corrected chi connectivity index (χ0v) is 11.8. The van der Waals surface area contributed by atoms with Gasteiger partial charge in [0.05, 0.1) is 5.92 Å². The van der Waals surface area contributed by atoms with Gasteiger partial charge in [-0.05, 0) is 69.1 Å². The molecule has 0 unspecified atom stereocenters. The molecule has 0 N–H and O–H groups in total. The molecular weight excluding hydrogens is 234 g/mol. The Kier molecular flexibility index (Phi) is 2.09. The van der Waals surface area contributed by atoms with Gasteiger partial charge in [0.25, 0.3) is 0 Å². The van der Waals surface area contributed by atoms with Gasteiger partial charge in [-0.3, -0.25) is 4.79 Å². The first-order valence-electron chi connectivity index (χ1n) is 8.58. The second-order valence-electron chi connectivity index (χ2n) is 8.31. The summed E-state index contributed by atoms with van der Waals surface area (Å²) in [6.07, 6.45) is 13.7. The van der Waals surface area contributed by atoms with Gasteiger partial charge in [0.2, 0.25) is 5.91 Å². The van der Waals surface area contributed by atoms with Gasteiger partial charge in [0.1, 0.15) is 0 Å². The highest BCUT2D eigenvalue weighted by Gasteiger charge is 2.61. The molecule has 0 radical (unpaired) electrons. The largest absolute Gasteiger partial charge is 0.333 e. The first kappa shape index (κ1) is 11.2. The first-order chi connectivity index (χ1) is 9.25. The summed E-state index contributed by atoms with van der Waals surface area (Å²) in [5, 5.41) is 0. The minimum atomic E-state index is 0.338. The number of hydrogen-bond donors (Lipinski definition) is 0. The van der Waals surface area contributed by atoms with E-state index in [1.165, 1.54) is 64.2 Å². The van der Waals surface area contributed by atoms with Gasteiger partial charge in [-0.15, -0.1) is 0 Å². The number of carbonyl (C=O) groups is 1. The number of rotatable bonds is 1. The molecular formula is C17H25NO. The molecule has 0 spiro atoms. The highest BCUT2D eigenvalue weighted by atomic mass is 16.2. The molecule has 1 heterocycles. The number of β-lactam (4-membered cyclic amide) rings is 1. The summed E-state index contributed by atoms with van der Waals surface area (Å²) in [6.45, 7) is 0. The maximum absolute atomic E-state index is 12.6. The molecule has 6 rings (SSSR count). The Morgan fingerprint density at radius 2 is 1.47 bits per heavy atom. The number of fused-ring (bicyclic) bond motifs is 1. The molecule has 1 amide bonds. The predicted molar refractivity (Wildman–Crippen MR) is 73.5 cm³/mol. The normalized spacial score (nSPS) is 55.1. The third kappa shape index (κ3) is 1.36. The lowest BCUT2D eigenvalue weighted by Gasteiger charge is -2.66. The molecule has 2 heteroatoms. The summed E-state index contributed by atoms with van der Waals surface area (Å²) >= 11 is 0. The molecule has 6 aliphatic rings. The van der Waals surface area contributed by atoms with E-state index in [4.69, 9.17) is 0 Å². The Balaban J connectivity index is 1.47. The molecule has 1 saturated heterocycles. The first-order valence-corrected chi connectivity index (χ1v) is 8.58. The van der Waals surface area contributed by atoms with E-state index in [2.05, 4.69) is 4.90 Å². The van der Waals surface area contributed by atoms with Crippen LogP contribution in [0.1, 0.15) is 64.2 Å². The molecule has 104 valence electrons. The van der Waals surface area contributed by atoms with Crippen molar-refractivity contribution in [3.8, 4) is 0 Å². The quantitative estimate of drug-likeness (QED) is 0.661. The van der Waals surface area contributed by atoms with E-state index >= 15 is 0 Å². The summed E-state index contributed by atoms with van der Waals surface area (Å²) in [5.41, 5.74) is 0.338. The Morgan fingerprint density at radius 1 is 0.895 bits per heavy atom. The van der Waals surface area contributed by atoms with E-state index < -0.39 is 0 Å². The number of carbonyl (C=O) groups excluding carboxylic acids is 1. The topological polar surface area (TPSA) is 20.3 Å². The van der Waals surface area contributed by atoms with Gasteiger partial charge < -0.3 is 4.90 Å². The molecule has 0 aromatic rings. The van der Waals surface area contributed by atoms with E-state index in [-0.39, 0.29) is 0 Å². The predicted octanol–water partition coefficient (Wildman–Crippen LogP) is 3.36. The Bertz CT molecular complexity index is 394. The Morgan fingerprint density at radius 3 is 2.11 bits per heavy atom. The van der Waals surface area contributed by atoms with Gasteiger partial charge in [-0.25, -0.2) is 0 Å². The highest BCUT2D eigenvalue weighted by Crippen LogP contribution is 2.60. The SMILES string of the molecule is O=C1[C@@H]2CCCC[C@H]2N1C12CC3CC(CC(C3)C1)C2. The van der Waals surface area contributed by atoms with Gasteiger partial charge in [-0.1, -0.05) is 12.8 Å². The molecule has 19 heavy (non-hydrogen) atoms. The third-order valence-electron chi connectivity index (χ3n) is 7.13. The summed E-state index contributed by atoms with van der Waals surface area (Å²) < 4.78 is 0. The van der Waals surface area contributed by atoms with Crippen LogP contribution in [0.5, 0.6) is 0 Å². The van der Waals surface area contributed by atoms with Crippen molar-refractivity contribution in [3.63, 3.8) is 0 Å². The van der Waals surface area contributed by atoms with E-state index in [1.807, 2.05) is 0 Å². The molecule has 0 aromatic carbocycles. The van der Waals surface area contributed by atoms with Crippen LogP contribution in [0.4, 0.5) is 0 Å². The van der Waals surface area contributed by atoms with Crippen LogP contribution in [0, 0.1) is 23.7 Å². The molecule has 5 saturated carbocycles. The van der Waals surface area contributed by atoms with Crippen molar-refractivity contribution in [1.29, 1.82) is 0 Å². The summed E-state index contributed by atoms with van der Waals surface area (Å²) in [6, 6.07) is 0.650. The highest BCUT2D eigenvalue weighted by molar-refractivity contribution is 5.87. The molecule has 4 bridgehead atoms. The monoisotopic (exact) mass is 259 g/mol. The van der Waals surface area contributed by atoms with Crippen molar-refractivity contribution in [2.24, 2.45) is 23.7 Å². The van der Waals surface area contributed by atoms with E-state index in [0.29, 0.717) is 23.4 Å². The summed E-state index contributed by atoms with van der Waals surface area (Å²) in [4.78, 5) is 15.1. The zero-order chi connectivity index (χ0) is 12.6. The Hall–Kier alpha value is -0.530. The minimum Gasteiger partial charge on any atom is -0.333 e. The van der Waals surface area contributed by atoms with Crippen molar-refractivity contribution in [2.75, 3.05) is 0 Å². The van der Waals surface area contributed by atoms with E-state index in [1.54, 1.807) is 0 Å². The van der Waals surface area contributed by atoms with Gasteiger partial charge in [0.15, 0.2) is 0 Å². The average Bonchev–Trinajstić information content (AvgIpc) is 2.36. The maximum Gasteiger partial charge on any atom is 0.228 e. The fraction of sp³-hybridized carbons (Fsp3) is 0.941. The zero-order valence-electron chi connectivity index (χ0n) is 11.8. The van der Waals surface area contributed by atoms with Crippen LogP contribution in [0.3, 0.4) is 0 Å². The lowest BCUT2D eigenvalue weighted by atomic mass is 9.51. The fourth-order valence-electron chi connectivity index (χ4n) is 6.91. The molecule has 6 fully saturated rings. The van der Waals surface area contributed by atoms with Crippen molar-refractivity contribution in [2.45, 2.75) is 75.8 Å². The van der Waals surface area contributed by atoms with Crippen molar-refractivity contribution in [3.05, 3.63) is 0 Å². The standard InChI is InChI=1S/C17H25NO/c19-16-14-3-1-2-4-15(14)18(16)17-8-11-5-12(9-17)7-13(6-11)10-17/h11-15H,1-10H2/t11?,12?,13?,14-,15-,17?/m1/s1. The van der Waals surface area contributed by atoms with Crippen LogP contribution in [-0.2, 0) is 4.79 Å². The molecule has 5 aliphatic carbocycles. The maximum atomic E-state index is 12.6. The summed E-state index contributed by atoms with van der Waals surface area (Å²) in [7, 11) is 0. The number of likely N-dealkylation sites (tertiary alicyclic amines) is 1. The lowest BCUT2D eigenvalue weighted by Crippen LogP contribution is -2.73. The van der Waals surface area contributed by atoms with Gasteiger partial charge in [0, 0.05) is 11.6 Å². The Labute approximate surface area is 115 Å². The molecule has 2 atom stereocenters. The second-order valence-corrected chi connectivity index (χ2v) is 8.31. The van der Waals surface area contributed by atoms with Gasteiger partial charge in [-0.2, -0.15) is 0 Å². The van der Waals surface area contributed by atoms with Crippen LogP contribution in [0.25, 0.3) is 0 Å². The van der Waals surface area contributed by atoms with Crippen LogP contribution in [0.15, 0.2) is 0 Å². The molecule has 0 aromatic heterocycles. The summed E-state index contributed by atoms with van der Waals surface area (Å²) in [5.74, 6) is 3.86. The van der Waals surface area contributed by atoms with Crippen molar-refractivity contribution >= 4 is 5.91 Å². The third-order valence-corrected chi connectivity index (χ3v) is 7.13. The van der Waals surface area contributed by atoms with Crippen LogP contribution in [0.2, 0.25) is 0 Å².